The molecule has 11 rings (SSSR count). The Bertz CT molecular complexity index is 3930. The number of aromatic nitrogens is 2. The first-order valence-electron chi connectivity index (χ1n) is 28.4. The monoisotopic (exact) mass is 1240 g/mol. The van der Waals surface area contributed by atoms with Crippen LogP contribution < -0.4 is 14.5 Å². The van der Waals surface area contributed by atoms with Crippen molar-refractivity contribution in [1.82, 2.24) is 9.55 Å². The fraction of sp³-hybridized carbons (Fsp3) is 0.280. The van der Waals surface area contributed by atoms with Gasteiger partial charge in [-0.2, -0.15) is 12.1 Å². The van der Waals surface area contributed by atoms with Crippen LogP contribution in [0.5, 0.6) is 11.5 Å². The van der Waals surface area contributed by atoms with Gasteiger partial charge >= 0.3 is 0 Å². The Labute approximate surface area is 497 Å². The van der Waals surface area contributed by atoms with E-state index in [4.69, 9.17) is 9.72 Å². The molecule has 6 heteroatoms. The quantitative estimate of drug-likeness (QED) is 0.121. The van der Waals surface area contributed by atoms with Crippen LogP contribution in [0.25, 0.3) is 27.6 Å². The molecule has 5 nitrogen and oxygen atoms in total. The fourth-order valence-electron chi connectivity index (χ4n) is 11.7. The molecule has 10 aromatic rings. The first-order chi connectivity index (χ1) is 37.8. The summed E-state index contributed by atoms with van der Waals surface area (Å²) < 4.78 is 9.17. The minimum absolute atomic E-state index is 0. The molecule has 1 aliphatic rings. The molecular formula is C75H77N4OPt-3. The van der Waals surface area contributed by atoms with Crippen molar-refractivity contribution < 1.29 is 25.8 Å². The van der Waals surface area contributed by atoms with Crippen LogP contribution in [0.15, 0.2) is 188 Å². The normalized spacial score (nSPS) is 13.4. The smallest absolute Gasteiger partial charge is 0.135 e. The zero-order valence-electron chi connectivity index (χ0n) is 50.0. The van der Waals surface area contributed by atoms with E-state index in [9.17, 15) is 0 Å². The summed E-state index contributed by atoms with van der Waals surface area (Å²) in [5, 5.41) is 2.26. The van der Waals surface area contributed by atoms with Crippen LogP contribution in [0.2, 0.25) is 0 Å². The van der Waals surface area contributed by atoms with Crippen molar-refractivity contribution in [2.45, 2.75) is 136 Å². The number of pyridine rings is 1. The number of rotatable bonds is 11. The summed E-state index contributed by atoms with van der Waals surface area (Å²) in [5.41, 5.74) is 16.2. The van der Waals surface area contributed by atoms with E-state index in [1.165, 1.54) is 50.1 Å². The van der Waals surface area contributed by atoms with E-state index in [1.807, 2.05) is 18.3 Å². The number of anilines is 4. The minimum atomic E-state index is -0.376. The van der Waals surface area contributed by atoms with Crippen LogP contribution in [0.3, 0.4) is 0 Å². The van der Waals surface area contributed by atoms with Crippen molar-refractivity contribution in [2.24, 2.45) is 0 Å². The second-order valence-corrected chi connectivity index (χ2v) is 26.8. The van der Waals surface area contributed by atoms with Crippen LogP contribution in [0.1, 0.15) is 154 Å². The van der Waals surface area contributed by atoms with Crippen molar-refractivity contribution >= 4 is 44.6 Å². The minimum Gasteiger partial charge on any atom is -0.509 e. The second kappa shape index (κ2) is 21.0. The molecule has 0 fully saturated rings. The summed E-state index contributed by atoms with van der Waals surface area (Å²) in [6.07, 6.45) is 1.93. The van der Waals surface area contributed by atoms with Gasteiger partial charge < -0.3 is 19.1 Å². The third kappa shape index (κ3) is 10.7. The van der Waals surface area contributed by atoms with Crippen LogP contribution in [0, 0.1) is 18.8 Å². The maximum absolute atomic E-state index is 6.93. The zero-order valence-corrected chi connectivity index (χ0v) is 52.3. The van der Waals surface area contributed by atoms with E-state index in [2.05, 4.69) is 307 Å². The molecule has 2 aromatic heterocycles. The largest absolute Gasteiger partial charge is 0.509 e. The third-order valence-corrected chi connectivity index (χ3v) is 17.1. The van der Waals surface area contributed by atoms with E-state index in [0.717, 1.165) is 50.4 Å². The molecular weight excluding hydrogens is 1170 g/mol. The number of fused-ring (bicyclic) bond motifs is 4. The molecule has 0 N–H and O–H groups in total. The standard InChI is InChI=1S/C75H77N4O.Pt/c1-70(2,3)53-34-37-65-62(43-53)61-36-35-60(46-66(61)79(65)69-44-54(38-39-76-69)71(4,5)6)80-59-33-25-32-57(45-59)77-49-78(58-41-55(72(7,8)9)40-56(42-58)73(10,11)50-26-19-16-20-27-50)68-48-64(75(14,15)52-30-23-18-24-31-52)63(47-67(68)77)74(12,13)51-28-21-17-22-29-51;/h16-44,47-49H,1-15H3;/q-3;. The van der Waals surface area contributed by atoms with Crippen molar-refractivity contribution in [3.63, 3.8) is 0 Å². The predicted molar refractivity (Wildman–Crippen MR) is 336 cm³/mol. The fourth-order valence-corrected chi connectivity index (χ4v) is 11.7. The second-order valence-electron chi connectivity index (χ2n) is 26.8. The molecule has 0 saturated carbocycles. The van der Waals surface area contributed by atoms with Gasteiger partial charge in [-0.15, -0.1) is 48.1 Å². The van der Waals surface area contributed by atoms with Crippen molar-refractivity contribution in [1.29, 1.82) is 0 Å². The number of benzene rings is 8. The molecule has 0 saturated heterocycles. The van der Waals surface area contributed by atoms with Crippen LogP contribution in [0.4, 0.5) is 22.7 Å². The predicted octanol–water partition coefficient (Wildman–Crippen LogP) is 19.8. The number of hydrogen-bond donors (Lipinski definition) is 0. The zero-order chi connectivity index (χ0) is 56.7. The Hall–Kier alpha value is -7.20. The van der Waals surface area contributed by atoms with Gasteiger partial charge in [0, 0.05) is 77.6 Å². The molecule has 1 aliphatic heterocycles. The van der Waals surface area contributed by atoms with Crippen molar-refractivity contribution in [2.75, 3.05) is 9.80 Å². The molecule has 416 valence electrons. The van der Waals surface area contributed by atoms with Gasteiger partial charge in [-0.05, 0) is 114 Å². The Morgan fingerprint density at radius 2 is 0.926 bits per heavy atom. The molecule has 0 bridgehead atoms. The summed E-state index contributed by atoms with van der Waals surface area (Å²) in [6.45, 7) is 36.9. The molecule has 0 aliphatic carbocycles. The van der Waals surface area contributed by atoms with Crippen molar-refractivity contribution in [3.8, 4) is 17.3 Å². The Morgan fingerprint density at radius 1 is 0.407 bits per heavy atom. The summed E-state index contributed by atoms with van der Waals surface area (Å²) in [5.74, 6) is 2.03. The summed E-state index contributed by atoms with van der Waals surface area (Å²) in [6, 6.07) is 74.1. The van der Waals surface area contributed by atoms with E-state index in [0.29, 0.717) is 11.5 Å². The number of ether oxygens (including phenoxy) is 1. The van der Waals surface area contributed by atoms with Gasteiger partial charge in [0.05, 0.1) is 0 Å². The number of hydrogen-bond acceptors (Lipinski definition) is 4. The van der Waals surface area contributed by atoms with Crippen molar-refractivity contribution in [3.05, 3.63) is 257 Å². The van der Waals surface area contributed by atoms with Gasteiger partial charge in [-0.25, -0.2) is 4.98 Å². The van der Waals surface area contributed by atoms with Crippen LogP contribution >= 0.6 is 0 Å². The van der Waals surface area contributed by atoms with E-state index >= 15 is 0 Å². The Morgan fingerprint density at radius 3 is 1.49 bits per heavy atom. The first-order valence-corrected chi connectivity index (χ1v) is 28.4. The summed E-state index contributed by atoms with van der Waals surface area (Å²) in [7, 11) is 0. The van der Waals surface area contributed by atoms with Gasteiger partial charge in [0.25, 0.3) is 0 Å². The van der Waals surface area contributed by atoms with Crippen LogP contribution in [-0.2, 0) is 53.6 Å². The van der Waals surface area contributed by atoms with Gasteiger partial charge in [-0.3, -0.25) is 0 Å². The van der Waals surface area contributed by atoms with Crippen LogP contribution in [-0.4, -0.2) is 9.55 Å². The summed E-state index contributed by atoms with van der Waals surface area (Å²) >= 11 is 0. The van der Waals surface area contributed by atoms with Gasteiger partial charge in [0.1, 0.15) is 5.82 Å². The van der Waals surface area contributed by atoms with E-state index in [-0.39, 0.29) is 53.6 Å². The average Bonchev–Trinajstić information content (AvgIpc) is 4.14. The van der Waals surface area contributed by atoms with E-state index in [1.54, 1.807) is 0 Å². The third-order valence-electron chi connectivity index (χ3n) is 17.1. The molecule has 0 atom stereocenters. The Balaban J connectivity index is 0.00000736. The molecule has 81 heavy (non-hydrogen) atoms. The maximum Gasteiger partial charge on any atom is 0.135 e. The topological polar surface area (TPSA) is 33.5 Å². The molecule has 0 unspecified atom stereocenters. The molecule has 0 spiro atoms. The molecule has 0 radical (unpaired) electrons. The van der Waals surface area contributed by atoms with Gasteiger partial charge in [0.2, 0.25) is 0 Å². The molecule has 0 amide bonds. The van der Waals surface area contributed by atoms with E-state index < -0.39 is 0 Å². The average molecular weight is 1250 g/mol. The maximum atomic E-state index is 6.93. The molecule has 8 aromatic carbocycles. The molecule has 3 heterocycles. The SMILES string of the molecule is CC(C)(C)c1cc(N2[CH-]N(c3[c-]c(Oc4[c-]c5c(cc4)c4cc(C(C)(C)C)ccc4n5-c4cc(C(C)(C)C)ccn4)ccc3)c3cc(C(C)(C)c4ccccc4)c(C(C)(C)c4ccccc4)cc32)cc(C(C)(C)c2ccccc2)c1.[Pt]. The summed E-state index contributed by atoms with van der Waals surface area (Å²) in [4.78, 5) is 9.71. The van der Waals surface area contributed by atoms with Gasteiger partial charge in [0.15, 0.2) is 0 Å². The number of nitrogens with zero attached hydrogens (tertiary/aromatic N) is 4. The van der Waals surface area contributed by atoms with Gasteiger partial charge in [-0.1, -0.05) is 219 Å². The first kappa shape index (κ1) is 57.0. The Kier molecular flexibility index (Phi) is 14.8.